The van der Waals surface area contributed by atoms with Crippen molar-refractivity contribution in [2.24, 2.45) is 0 Å². The Morgan fingerprint density at radius 1 is 1.00 bits per heavy atom. The van der Waals surface area contributed by atoms with Gasteiger partial charge in [-0.15, -0.1) is 0 Å². The fraction of sp³-hybridized carbons (Fsp3) is 0.500. The highest BCUT2D eigenvalue weighted by molar-refractivity contribution is 5.27. The maximum atomic E-state index is 2.26. The van der Waals surface area contributed by atoms with E-state index in [1.165, 1.54) is 24.0 Å². The van der Waals surface area contributed by atoms with Gasteiger partial charge in [-0.25, -0.2) is 0 Å². The van der Waals surface area contributed by atoms with E-state index in [4.69, 9.17) is 0 Å². The number of benzene rings is 1. The van der Waals surface area contributed by atoms with Crippen molar-refractivity contribution in [3.8, 4) is 0 Å². The molecule has 12 heavy (non-hydrogen) atoms. The molecule has 0 heterocycles. The highest BCUT2D eigenvalue weighted by Gasteiger charge is 2.22. The van der Waals surface area contributed by atoms with Crippen LogP contribution < -0.4 is 0 Å². The first kappa shape index (κ1) is 9.31. The third kappa shape index (κ3) is 2.37. The van der Waals surface area contributed by atoms with E-state index in [1.54, 1.807) is 0 Å². The third-order valence-electron chi connectivity index (χ3n) is 2.13. The fourth-order valence-electron chi connectivity index (χ4n) is 1.26. The van der Waals surface area contributed by atoms with E-state index in [-0.39, 0.29) is 0 Å². The number of rotatable bonds is 1. The summed E-state index contributed by atoms with van der Waals surface area (Å²) in [7, 11) is 0. The second kappa shape index (κ2) is 4.30. The highest BCUT2D eigenvalue weighted by atomic mass is 14.3. The molecule has 1 aliphatic rings. The topological polar surface area (TPSA) is 0 Å². The molecule has 0 aliphatic heterocycles. The smallest absolute Gasteiger partial charge is 0.0162 e. The number of hydrogen-bond donors (Lipinski definition) is 0. The first-order valence-electron chi connectivity index (χ1n) is 4.93. The predicted molar refractivity (Wildman–Crippen MR) is 54.5 cm³/mol. The Labute approximate surface area is 75.6 Å². The van der Waals surface area contributed by atoms with Gasteiger partial charge >= 0.3 is 0 Å². The lowest BCUT2D eigenvalue weighted by Gasteiger charge is -1.96. The summed E-state index contributed by atoms with van der Waals surface area (Å²) < 4.78 is 0. The maximum absolute atomic E-state index is 2.26. The summed E-state index contributed by atoms with van der Waals surface area (Å²) >= 11 is 0. The number of aryl methyl sites for hydroxylation is 1. The molecule has 1 aromatic carbocycles. The SMILES string of the molecule is CC.Cc1ccc(C2CC2)cc1. The molecule has 0 atom stereocenters. The summed E-state index contributed by atoms with van der Waals surface area (Å²) in [5, 5.41) is 0. The normalized spacial score (nSPS) is 14.9. The Kier molecular flexibility index (Phi) is 3.33. The van der Waals surface area contributed by atoms with E-state index in [1.807, 2.05) is 13.8 Å². The summed E-state index contributed by atoms with van der Waals surface area (Å²) in [5.74, 6) is 0.903. The van der Waals surface area contributed by atoms with Crippen molar-refractivity contribution in [1.82, 2.24) is 0 Å². The zero-order valence-electron chi connectivity index (χ0n) is 8.30. The molecule has 66 valence electrons. The van der Waals surface area contributed by atoms with Gasteiger partial charge < -0.3 is 0 Å². The molecule has 0 spiro atoms. The fourth-order valence-corrected chi connectivity index (χ4v) is 1.26. The lowest BCUT2D eigenvalue weighted by molar-refractivity contribution is 1.13. The minimum Gasteiger partial charge on any atom is -0.0683 e. The monoisotopic (exact) mass is 162 g/mol. The molecule has 0 nitrogen and oxygen atoms in total. The van der Waals surface area contributed by atoms with Gasteiger partial charge in [-0.3, -0.25) is 0 Å². The van der Waals surface area contributed by atoms with Crippen LogP contribution in [0.3, 0.4) is 0 Å². The van der Waals surface area contributed by atoms with Crippen LogP contribution in [0.1, 0.15) is 43.7 Å². The van der Waals surface area contributed by atoms with Crippen molar-refractivity contribution in [2.45, 2.75) is 39.5 Å². The van der Waals surface area contributed by atoms with Gasteiger partial charge in [0.25, 0.3) is 0 Å². The minimum absolute atomic E-state index is 0.903. The average molecular weight is 162 g/mol. The third-order valence-corrected chi connectivity index (χ3v) is 2.13. The zero-order chi connectivity index (χ0) is 8.97. The summed E-state index contributed by atoms with van der Waals surface area (Å²) in [4.78, 5) is 0. The second-order valence-electron chi connectivity index (χ2n) is 3.18. The van der Waals surface area contributed by atoms with Crippen molar-refractivity contribution in [3.63, 3.8) is 0 Å². The van der Waals surface area contributed by atoms with Crippen LogP contribution in [-0.4, -0.2) is 0 Å². The largest absolute Gasteiger partial charge is 0.0683 e. The van der Waals surface area contributed by atoms with Crippen LogP contribution in [0.4, 0.5) is 0 Å². The minimum atomic E-state index is 0.903. The molecule has 0 saturated heterocycles. The summed E-state index contributed by atoms with van der Waals surface area (Å²) in [5.41, 5.74) is 2.90. The van der Waals surface area contributed by atoms with Crippen LogP contribution in [0.2, 0.25) is 0 Å². The van der Waals surface area contributed by atoms with Gasteiger partial charge in [0.05, 0.1) is 0 Å². The Balaban J connectivity index is 0.000000336. The first-order chi connectivity index (χ1) is 5.86. The molecule has 0 unspecified atom stereocenters. The predicted octanol–water partition coefficient (Wildman–Crippen LogP) is 3.90. The molecule has 0 bridgehead atoms. The average Bonchev–Trinajstić information content (AvgIpc) is 2.93. The van der Waals surface area contributed by atoms with Crippen LogP contribution in [0.25, 0.3) is 0 Å². The summed E-state index contributed by atoms with van der Waals surface area (Å²) in [6, 6.07) is 8.92. The quantitative estimate of drug-likeness (QED) is 0.587. The first-order valence-corrected chi connectivity index (χ1v) is 4.93. The molecule has 0 radical (unpaired) electrons. The van der Waals surface area contributed by atoms with Gasteiger partial charge in [-0.05, 0) is 31.2 Å². The van der Waals surface area contributed by atoms with E-state index in [9.17, 15) is 0 Å². The Bertz CT molecular complexity index is 216. The Hall–Kier alpha value is -0.780. The molecule has 0 amide bonds. The summed E-state index contributed by atoms with van der Waals surface area (Å²) in [6.07, 6.45) is 2.81. The molecule has 1 saturated carbocycles. The summed E-state index contributed by atoms with van der Waals surface area (Å²) in [6.45, 7) is 6.14. The molecule has 0 aromatic heterocycles. The molecule has 0 N–H and O–H groups in total. The van der Waals surface area contributed by atoms with Gasteiger partial charge in [-0.1, -0.05) is 43.7 Å². The van der Waals surface area contributed by atoms with Gasteiger partial charge in [-0.2, -0.15) is 0 Å². The van der Waals surface area contributed by atoms with Crippen LogP contribution in [0.15, 0.2) is 24.3 Å². The molecule has 2 rings (SSSR count). The van der Waals surface area contributed by atoms with Gasteiger partial charge in [0.15, 0.2) is 0 Å². The van der Waals surface area contributed by atoms with Crippen molar-refractivity contribution in [3.05, 3.63) is 35.4 Å². The van der Waals surface area contributed by atoms with E-state index in [0.717, 1.165) is 5.92 Å². The molecule has 1 aliphatic carbocycles. The van der Waals surface area contributed by atoms with E-state index in [2.05, 4.69) is 31.2 Å². The molecule has 0 heteroatoms. The van der Waals surface area contributed by atoms with E-state index >= 15 is 0 Å². The number of hydrogen-bond acceptors (Lipinski definition) is 0. The van der Waals surface area contributed by atoms with Crippen LogP contribution in [-0.2, 0) is 0 Å². The zero-order valence-corrected chi connectivity index (χ0v) is 8.30. The molecule has 1 fully saturated rings. The van der Waals surface area contributed by atoms with Crippen LogP contribution in [0, 0.1) is 6.92 Å². The van der Waals surface area contributed by atoms with Crippen LogP contribution in [0.5, 0.6) is 0 Å². The van der Waals surface area contributed by atoms with Crippen molar-refractivity contribution in [1.29, 1.82) is 0 Å². The lowest BCUT2D eigenvalue weighted by atomic mass is 10.1. The van der Waals surface area contributed by atoms with Gasteiger partial charge in [0.1, 0.15) is 0 Å². The van der Waals surface area contributed by atoms with E-state index in [0.29, 0.717) is 0 Å². The van der Waals surface area contributed by atoms with Gasteiger partial charge in [0.2, 0.25) is 0 Å². The van der Waals surface area contributed by atoms with Crippen LogP contribution >= 0.6 is 0 Å². The second-order valence-corrected chi connectivity index (χ2v) is 3.18. The standard InChI is InChI=1S/C10H12.C2H6/c1-8-2-4-9(5-3-8)10-6-7-10;1-2/h2-5,10H,6-7H2,1H3;1-2H3. The Morgan fingerprint density at radius 2 is 1.50 bits per heavy atom. The van der Waals surface area contributed by atoms with Crippen molar-refractivity contribution < 1.29 is 0 Å². The molecular weight excluding hydrogens is 144 g/mol. The van der Waals surface area contributed by atoms with Crippen molar-refractivity contribution >= 4 is 0 Å². The molecular formula is C12H18. The maximum Gasteiger partial charge on any atom is -0.0162 e. The van der Waals surface area contributed by atoms with E-state index < -0.39 is 0 Å². The molecule has 1 aromatic rings. The lowest BCUT2D eigenvalue weighted by Crippen LogP contribution is -1.77. The Morgan fingerprint density at radius 3 is 1.92 bits per heavy atom. The van der Waals surface area contributed by atoms with Gasteiger partial charge in [0, 0.05) is 0 Å². The highest BCUT2D eigenvalue weighted by Crippen LogP contribution is 2.39. The van der Waals surface area contributed by atoms with Crippen molar-refractivity contribution in [2.75, 3.05) is 0 Å².